The molecule has 5 rings (SSSR count). The van der Waals surface area contributed by atoms with Gasteiger partial charge in [-0.05, 0) is 99.1 Å². The Hall–Kier alpha value is -3.90. The van der Waals surface area contributed by atoms with Crippen molar-refractivity contribution in [1.29, 1.82) is 0 Å². The van der Waals surface area contributed by atoms with Crippen LogP contribution in [0.25, 0.3) is 17.4 Å². The van der Waals surface area contributed by atoms with Crippen molar-refractivity contribution in [3.8, 4) is 11.3 Å². The van der Waals surface area contributed by atoms with Gasteiger partial charge in [-0.3, -0.25) is 9.59 Å². The molecule has 14 nitrogen and oxygen atoms in total. The number of fused-ring (bicyclic) bond motifs is 2. The first-order chi connectivity index (χ1) is 27.2. The van der Waals surface area contributed by atoms with Crippen molar-refractivity contribution in [2.24, 2.45) is 0 Å². The molecule has 1 aromatic rings. The second-order valence-electron chi connectivity index (χ2n) is 15.6. The first-order valence-corrected chi connectivity index (χ1v) is 22.2. The van der Waals surface area contributed by atoms with E-state index in [0.717, 1.165) is 35.3 Å². The van der Waals surface area contributed by atoms with Crippen LogP contribution in [0.4, 0.5) is 5.69 Å². The summed E-state index contributed by atoms with van der Waals surface area (Å²) in [6.07, 6.45) is 8.91. The number of carbonyl (C=O) groups excluding carboxylic acids is 3. The van der Waals surface area contributed by atoms with Gasteiger partial charge in [0.25, 0.3) is 11.8 Å². The Balaban J connectivity index is 0.00000769. The van der Waals surface area contributed by atoms with Crippen LogP contribution in [-0.4, -0.2) is 74.2 Å². The summed E-state index contributed by atoms with van der Waals surface area (Å²) in [4.78, 5) is 43.1. The Morgan fingerprint density at radius 3 is 2.24 bits per heavy atom. The molecule has 0 spiro atoms. The number of carbonyl (C=O) groups is 3. The van der Waals surface area contributed by atoms with Gasteiger partial charge in [0.15, 0.2) is 0 Å². The van der Waals surface area contributed by atoms with Gasteiger partial charge < -0.3 is 23.3 Å². The van der Waals surface area contributed by atoms with Crippen molar-refractivity contribution in [3.05, 3.63) is 94.7 Å². The Bertz CT molecular complexity index is 2430. The minimum absolute atomic E-state index is 0. The zero-order chi connectivity index (χ0) is 42.6. The van der Waals surface area contributed by atoms with Crippen molar-refractivity contribution in [2.45, 2.75) is 95.8 Å². The van der Waals surface area contributed by atoms with E-state index in [1.165, 1.54) is 18.2 Å². The molecule has 1 fully saturated rings. The summed E-state index contributed by atoms with van der Waals surface area (Å²) >= 11 is 0. The SMILES string of the molecule is CC[N+](CC)=c1ccc2c(C(C)(C)C)cc(C=CC=CC=C3N(CCCS(=O)(=O)[O-])c4ccc(S(=O)(=O)[O-])cc4C3(C)CCCC(=O)ON3C(=O)CCC3=O)oc-2c1.[Na+]. The van der Waals surface area contributed by atoms with Crippen LogP contribution in [0, 0.1) is 0 Å². The molecule has 17 heteroatoms. The van der Waals surface area contributed by atoms with E-state index in [2.05, 4.69) is 57.4 Å². The van der Waals surface area contributed by atoms with Gasteiger partial charge in [-0.15, -0.1) is 5.06 Å². The molecule has 3 heterocycles. The molecule has 0 radical (unpaired) electrons. The number of imide groups is 1. The van der Waals surface area contributed by atoms with Crippen LogP contribution in [0.5, 0.6) is 0 Å². The van der Waals surface area contributed by atoms with Gasteiger partial charge in [0.2, 0.25) is 5.36 Å². The first-order valence-electron chi connectivity index (χ1n) is 19.3. The largest absolute Gasteiger partial charge is 1.00 e. The number of hydrogen-bond acceptors (Lipinski definition) is 12. The summed E-state index contributed by atoms with van der Waals surface area (Å²) in [6.45, 7) is 14.2. The predicted molar refractivity (Wildman–Crippen MR) is 216 cm³/mol. The van der Waals surface area contributed by atoms with Crippen molar-refractivity contribution < 1.29 is 79.1 Å². The zero-order valence-electron chi connectivity index (χ0n) is 34.6. The van der Waals surface area contributed by atoms with E-state index in [0.29, 0.717) is 27.8 Å². The number of allylic oxidation sites excluding steroid dienone is 5. The van der Waals surface area contributed by atoms with Gasteiger partial charge in [-0.1, -0.05) is 39.0 Å². The molecule has 0 aromatic heterocycles. The standard InChI is InChI=1S/C42H51N3O11S2.Na/c1-7-43(8-2)29-17-19-32-33(41(3,4)5)27-30(55-36(32)26-29)14-10-9-11-15-37-42(6,23-12-16-40(48)56-45-38(46)21-22-39(45)47)34-28-31(58(52,53)54)18-20-35(34)44(37)24-13-25-57(49,50)51;/h9-11,14-15,17-20,26-28H,7-8,12-13,16,21-25H2,1-6H3,(H-,49,50,51,52,53,54);/q;+1/p-1. The molecule has 1 atom stereocenters. The van der Waals surface area contributed by atoms with Crippen LogP contribution >= 0.6 is 0 Å². The molecular weight excluding hydrogens is 810 g/mol. The van der Waals surface area contributed by atoms with Gasteiger partial charge in [0, 0.05) is 60.0 Å². The molecule has 0 N–H and O–H groups in total. The van der Waals surface area contributed by atoms with E-state index >= 15 is 0 Å². The Labute approximate surface area is 368 Å². The molecule has 1 saturated heterocycles. The molecule has 4 aliphatic rings. The van der Waals surface area contributed by atoms with Gasteiger partial charge in [-0.2, -0.15) is 0 Å². The van der Waals surface area contributed by atoms with Gasteiger partial charge >= 0.3 is 35.5 Å². The van der Waals surface area contributed by atoms with E-state index in [4.69, 9.17) is 9.25 Å². The molecule has 3 aliphatic heterocycles. The number of anilines is 1. The zero-order valence-corrected chi connectivity index (χ0v) is 38.3. The summed E-state index contributed by atoms with van der Waals surface area (Å²) in [7, 11) is -9.43. The Morgan fingerprint density at radius 2 is 1.63 bits per heavy atom. The molecule has 0 saturated carbocycles. The maximum absolute atomic E-state index is 12.7. The molecule has 1 unspecified atom stereocenters. The average Bonchev–Trinajstić information content (AvgIpc) is 3.57. The van der Waals surface area contributed by atoms with Crippen molar-refractivity contribution in [3.63, 3.8) is 0 Å². The second kappa shape index (κ2) is 19.2. The van der Waals surface area contributed by atoms with Crippen LogP contribution in [0.3, 0.4) is 0 Å². The fraction of sp³-hybridized carbons (Fsp3) is 0.429. The normalized spacial score (nSPS) is 18.1. The topological polar surface area (TPSA) is 197 Å². The van der Waals surface area contributed by atoms with Gasteiger partial charge in [-0.25, -0.2) is 26.2 Å². The van der Waals surface area contributed by atoms with Crippen molar-refractivity contribution >= 4 is 49.8 Å². The maximum Gasteiger partial charge on any atom is 1.00 e. The van der Waals surface area contributed by atoms with Crippen LogP contribution < -0.4 is 44.4 Å². The molecule has 312 valence electrons. The molecule has 0 bridgehead atoms. The summed E-state index contributed by atoms with van der Waals surface area (Å²) < 4.78 is 79.8. The van der Waals surface area contributed by atoms with Crippen LogP contribution in [0.15, 0.2) is 81.8 Å². The summed E-state index contributed by atoms with van der Waals surface area (Å²) in [5.74, 6) is -1.31. The smallest absolute Gasteiger partial charge is 0.748 e. The summed E-state index contributed by atoms with van der Waals surface area (Å²) in [5.41, 5.74) is 2.43. The summed E-state index contributed by atoms with van der Waals surface area (Å²) in [5, 5.41) is 1.52. The van der Waals surface area contributed by atoms with E-state index in [1.54, 1.807) is 36.1 Å². The summed E-state index contributed by atoms with van der Waals surface area (Å²) in [6, 6.07) is 12.2. The maximum atomic E-state index is 12.7. The minimum Gasteiger partial charge on any atom is -0.748 e. The Kier molecular flexibility index (Phi) is 15.6. The number of hydrogen-bond donors (Lipinski definition) is 0. The quantitative estimate of drug-likeness (QED) is 0.0713. The third kappa shape index (κ3) is 11.5. The van der Waals surface area contributed by atoms with E-state index in [1.807, 2.05) is 12.1 Å². The van der Waals surface area contributed by atoms with Crippen molar-refractivity contribution in [1.82, 2.24) is 9.64 Å². The molecule has 59 heavy (non-hydrogen) atoms. The molecule has 1 aromatic carbocycles. The van der Waals surface area contributed by atoms with Crippen LogP contribution in [-0.2, 0) is 50.3 Å². The van der Waals surface area contributed by atoms with Crippen LogP contribution in [0.1, 0.15) is 97.0 Å². The molecule has 1 aliphatic carbocycles. The Morgan fingerprint density at radius 1 is 0.949 bits per heavy atom. The molecular formula is C42H50N3NaO11S2. The minimum atomic E-state index is -4.88. The van der Waals surface area contributed by atoms with Gasteiger partial charge in [0.05, 0.1) is 21.1 Å². The third-order valence-corrected chi connectivity index (χ3v) is 12.1. The fourth-order valence-corrected chi connectivity index (χ4v) is 8.51. The van der Waals surface area contributed by atoms with E-state index in [-0.39, 0.29) is 80.0 Å². The average molecular weight is 860 g/mol. The third-order valence-electron chi connectivity index (χ3n) is 10.5. The fourth-order valence-electron chi connectivity index (χ4n) is 7.53. The number of amides is 2. The second-order valence-corrected chi connectivity index (χ2v) is 18.5. The van der Waals surface area contributed by atoms with Gasteiger partial charge in [0.1, 0.15) is 34.7 Å². The monoisotopic (exact) mass is 859 g/mol. The number of benzene rings is 2. The number of hydroxylamine groups is 2. The number of rotatable bonds is 15. The molecule has 2 amide bonds. The van der Waals surface area contributed by atoms with E-state index < -0.39 is 54.1 Å². The van der Waals surface area contributed by atoms with Crippen LogP contribution in [0.2, 0.25) is 0 Å². The van der Waals surface area contributed by atoms with E-state index in [9.17, 15) is 40.3 Å². The first kappa shape index (κ1) is 47.8. The van der Waals surface area contributed by atoms with Crippen molar-refractivity contribution in [2.75, 3.05) is 30.3 Å². The predicted octanol–water partition coefficient (Wildman–Crippen LogP) is 2.35. The number of nitrogens with zero attached hydrogens (tertiary/aromatic N) is 3.